The molecule has 0 aromatic rings. The van der Waals surface area contributed by atoms with Crippen LogP contribution in [-0.2, 0) is 9.53 Å². The first-order chi connectivity index (χ1) is 7.13. The lowest BCUT2D eigenvalue weighted by Crippen LogP contribution is -2.12. The van der Waals surface area contributed by atoms with Gasteiger partial charge in [0, 0.05) is 0 Å². The third-order valence-electron chi connectivity index (χ3n) is 2.22. The largest absolute Gasteiger partial charge is 0.462 e. The Bertz CT molecular complexity index is 235. The molecule has 0 amide bonds. The van der Waals surface area contributed by atoms with Crippen molar-refractivity contribution < 1.29 is 9.53 Å². The summed E-state index contributed by atoms with van der Waals surface area (Å²) in [5.41, 5.74) is 3.19. The number of hydrogen-bond donors (Lipinski definition) is 0. The second kappa shape index (κ2) is 8.31. The van der Waals surface area contributed by atoms with E-state index in [4.69, 9.17) is 4.74 Å². The minimum atomic E-state index is -0.267. The maximum atomic E-state index is 11.5. The van der Waals surface area contributed by atoms with E-state index in [9.17, 15) is 4.79 Å². The first-order valence-electron chi connectivity index (χ1n) is 5.70. The summed E-state index contributed by atoms with van der Waals surface area (Å²) in [6.45, 7) is 10.0. The van der Waals surface area contributed by atoms with Gasteiger partial charge in [0.15, 0.2) is 0 Å². The minimum absolute atomic E-state index is 0.130. The summed E-state index contributed by atoms with van der Waals surface area (Å²) in [7, 11) is 0. The van der Waals surface area contributed by atoms with Crippen LogP contribution in [0.5, 0.6) is 0 Å². The number of esters is 1. The molecule has 0 aliphatic carbocycles. The van der Waals surface area contributed by atoms with Gasteiger partial charge in [0.2, 0.25) is 0 Å². The highest BCUT2D eigenvalue weighted by Crippen LogP contribution is 2.10. The molecule has 0 unspecified atom stereocenters. The molecule has 2 nitrogen and oxygen atoms in total. The second-order valence-corrected chi connectivity index (χ2v) is 3.94. The average Bonchev–Trinajstić information content (AvgIpc) is 2.18. The lowest BCUT2D eigenvalue weighted by atomic mass is 10.1. The van der Waals surface area contributed by atoms with Crippen LogP contribution in [0.3, 0.4) is 0 Å². The highest BCUT2D eigenvalue weighted by molar-refractivity contribution is 5.88. The molecular formula is C13H22O2. The van der Waals surface area contributed by atoms with Gasteiger partial charge in [-0.05, 0) is 12.3 Å². The number of carbonyl (C=O) groups is 1. The van der Waals surface area contributed by atoms with E-state index in [-0.39, 0.29) is 11.9 Å². The zero-order chi connectivity index (χ0) is 11.7. The smallest absolute Gasteiger partial charge is 0.342 e. The minimum Gasteiger partial charge on any atom is -0.462 e. The van der Waals surface area contributed by atoms with Gasteiger partial charge in [0.25, 0.3) is 0 Å². The van der Waals surface area contributed by atoms with Gasteiger partial charge in [-0.2, -0.15) is 0 Å². The summed E-state index contributed by atoms with van der Waals surface area (Å²) in [6.07, 6.45) is 4.46. The van der Waals surface area contributed by atoms with Crippen LogP contribution in [0.25, 0.3) is 0 Å². The van der Waals surface area contributed by atoms with Crippen molar-refractivity contribution in [1.82, 2.24) is 0 Å². The molecule has 0 saturated carbocycles. The molecular weight excluding hydrogens is 188 g/mol. The van der Waals surface area contributed by atoms with Gasteiger partial charge in [-0.3, -0.25) is 0 Å². The normalized spacial score (nSPS) is 9.87. The number of hydrogen-bond acceptors (Lipinski definition) is 2. The molecule has 0 atom stereocenters. The Balaban J connectivity index is 3.79. The summed E-state index contributed by atoms with van der Waals surface area (Å²) in [4.78, 5) is 11.5. The summed E-state index contributed by atoms with van der Waals surface area (Å²) < 4.78 is 5.12. The highest BCUT2D eigenvalue weighted by Gasteiger charge is 2.13. The molecule has 0 aliphatic heterocycles. The SMILES string of the molecule is C=C=C(C(=O)OCCCCCC)C(C)C. The van der Waals surface area contributed by atoms with Crippen molar-refractivity contribution in [2.24, 2.45) is 5.92 Å². The van der Waals surface area contributed by atoms with E-state index in [2.05, 4.69) is 19.2 Å². The predicted molar refractivity (Wildman–Crippen MR) is 62.6 cm³/mol. The van der Waals surface area contributed by atoms with E-state index >= 15 is 0 Å². The van der Waals surface area contributed by atoms with Gasteiger partial charge in [-0.15, -0.1) is 5.73 Å². The van der Waals surface area contributed by atoms with Crippen molar-refractivity contribution in [2.45, 2.75) is 46.5 Å². The Kier molecular flexibility index (Phi) is 7.75. The summed E-state index contributed by atoms with van der Waals surface area (Å²) in [5, 5.41) is 0. The molecule has 0 fully saturated rings. The van der Waals surface area contributed by atoms with Gasteiger partial charge in [-0.25, -0.2) is 4.79 Å². The molecule has 0 radical (unpaired) electrons. The molecule has 0 saturated heterocycles. The molecule has 2 heteroatoms. The third kappa shape index (κ3) is 6.14. The molecule has 86 valence electrons. The number of ether oxygens (including phenoxy) is 1. The van der Waals surface area contributed by atoms with E-state index in [1.54, 1.807) is 0 Å². The van der Waals surface area contributed by atoms with Gasteiger partial charge < -0.3 is 4.74 Å². The summed E-state index contributed by atoms with van der Waals surface area (Å²) in [5.74, 6) is -0.137. The van der Waals surface area contributed by atoms with Crippen molar-refractivity contribution in [3.63, 3.8) is 0 Å². The average molecular weight is 210 g/mol. The fraction of sp³-hybridized carbons (Fsp3) is 0.692. The molecule has 0 spiro atoms. The van der Waals surface area contributed by atoms with Crippen molar-refractivity contribution in [3.05, 3.63) is 17.9 Å². The van der Waals surface area contributed by atoms with Crippen LogP contribution in [0, 0.1) is 5.92 Å². The van der Waals surface area contributed by atoms with Crippen LogP contribution < -0.4 is 0 Å². The lowest BCUT2D eigenvalue weighted by molar-refractivity contribution is -0.139. The fourth-order valence-corrected chi connectivity index (χ4v) is 1.28. The van der Waals surface area contributed by atoms with Crippen LogP contribution in [0.2, 0.25) is 0 Å². The molecule has 15 heavy (non-hydrogen) atoms. The van der Waals surface area contributed by atoms with E-state index in [0.29, 0.717) is 12.2 Å². The van der Waals surface area contributed by atoms with Crippen molar-refractivity contribution in [2.75, 3.05) is 6.61 Å². The maximum absolute atomic E-state index is 11.5. The van der Waals surface area contributed by atoms with Crippen LogP contribution in [0.15, 0.2) is 17.9 Å². The van der Waals surface area contributed by atoms with Crippen LogP contribution in [0.1, 0.15) is 46.5 Å². The Hall–Kier alpha value is -1.01. The van der Waals surface area contributed by atoms with Crippen molar-refractivity contribution >= 4 is 5.97 Å². The maximum Gasteiger partial charge on any atom is 0.342 e. The first kappa shape index (κ1) is 14.0. The standard InChI is InChI=1S/C13H22O2/c1-5-7-8-9-10-15-13(14)12(6-2)11(3)4/h11H,2,5,7-10H2,1,3-4H3. The monoisotopic (exact) mass is 210 g/mol. The molecule has 0 heterocycles. The van der Waals surface area contributed by atoms with E-state index in [1.807, 2.05) is 13.8 Å². The zero-order valence-corrected chi connectivity index (χ0v) is 10.1. The number of carbonyl (C=O) groups excluding carboxylic acids is 1. The van der Waals surface area contributed by atoms with Crippen LogP contribution in [-0.4, -0.2) is 12.6 Å². The topological polar surface area (TPSA) is 26.3 Å². The molecule has 0 rings (SSSR count). The van der Waals surface area contributed by atoms with Gasteiger partial charge in [-0.1, -0.05) is 46.6 Å². The van der Waals surface area contributed by atoms with E-state index in [0.717, 1.165) is 12.8 Å². The van der Waals surface area contributed by atoms with Crippen molar-refractivity contribution in [1.29, 1.82) is 0 Å². The van der Waals surface area contributed by atoms with Crippen LogP contribution >= 0.6 is 0 Å². The Morgan fingerprint density at radius 1 is 1.33 bits per heavy atom. The van der Waals surface area contributed by atoms with Gasteiger partial charge in [0.05, 0.1) is 12.2 Å². The van der Waals surface area contributed by atoms with E-state index < -0.39 is 0 Å². The second-order valence-electron chi connectivity index (χ2n) is 3.94. The lowest BCUT2D eigenvalue weighted by Gasteiger charge is -2.08. The first-order valence-corrected chi connectivity index (χ1v) is 5.70. The van der Waals surface area contributed by atoms with E-state index in [1.165, 1.54) is 12.8 Å². The molecule has 0 aromatic heterocycles. The van der Waals surface area contributed by atoms with Gasteiger partial charge >= 0.3 is 5.97 Å². The molecule has 0 aliphatic rings. The quantitative estimate of drug-likeness (QED) is 0.278. The summed E-state index contributed by atoms with van der Waals surface area (Å²) in [6, 6.07) is 0. The van der Waals surface area contributed by atoms with Crippen molar-refractivity contribution in [3.8, 4) is 0 Å². The Morgan fingerprint density at radius 2 is 2.00 bits per heavy atom. The number of rotatable bonds is 7. The number of unbranched alkanes of at least 4 members (excludes halogenated alkanes) is 3. The predicted octanol–water partition coefficient (Wildman–Crippen LogP) is 3.48. The van der Waals surface area contributed by atoms with Crippen LogP contribution in [0.4, 0.5) is 0 Å². The van der Waals surface area contributed by atoms with Gasteiger partial charge in [0.1, 0.15) is 0 Å². The summed E-state index contributed by atoms with van der Waals surface area (Å²) >= 11 is 0. The zero-order valence-electron chi connectivity index (χ0n) is 10.1. The third-order valence-corrected chi connectivity index (χ3v) is 2.22. The molecule has 0 bridgehead atoms. The Labute approximate surface area is 93.0 Å². The Morgan fingerprint density at radius 3 is 2.47 bits per heavy atom. The molecule has 0 N–H and O–H groups in total. The fourth-order valence-electron chi connectivity index (χ4n) is 1.28. The highest BCUT2D eigenvalue weighted by atomic mass is 16.5. The molecule has 0 aromatic carbocycles.